The Balaban J connectivity index is 1.65. The number of hydrogen-bond acceptors (Lipinski definition) is 6. The molecule has 0 unspecified atom stereocenters. The maximum Gasteiger partial charge on any atom is 0.276 e. The fourth-order valence-electron chi connectivity index (χ4n) is 2.76. The topological polar surface area (TPSA) is 86.2 Å². The number of ether oxygens (including phenoxy) is 3. The molecule has 32 heavy (non-hydrogen) atoms. The standard InChI is InChI=1S/C23H23FN2O5S/c1-3-30-19-9-11-20(12-10-19)32(27,28)26-25-15-17-8-13-22(23(14-17)29-2)31-16-18-6-4-5-7-21(18)24/h4-15,26H,3,16H2,1-2H3/b25-15+. The summed E-state index contributed by atoms with van der Waals surface area (Å²) >= 11 is 0. The molecule has 0 aliphatic rings. The summed E-state index contributed by atoms with van der Waals surface area (Å²) in [5.74, 6) is 1.05. The van der Waals surface area contributed by atoms with E-state index in [0.29, 0.717) is 35.0 Å². The van der Waals surface area contributed by atoms with Crippen LogP contribution in [-0.4, -0.2) is 28.3 Å². The molecule has 0 aliphatic carbocycles. The highest BCUT2D eigenvalue weighted by molar-refractivity contribution is 7.89. The molecule has 0 spiro atoms. The largest absolute Gasteiger partial charge is 0.494 e. The molecule has 0 atom stereocenters. The van der Waals surface area contributed by atoms with Crippen LogP contribution < -0.4 is 19.0 Å². The third kappa shape index (κ3) is 5.98. The van der Waals surface area contributed by atoms with E-state index in [0.717, 1.165) is 0 Å². The summed E-state index contributed by atoms with van der Waals surface area (Å²) in [6.45, 7) is 2.38. The van der Waals surface area contributed by atoms with Gasteiger partial charge in [-0.1, -0.05) is 18.2 Å². The first-order valence-corrected chi connectivity index (χ1v) is 11.2. The van der Waals surface area contributed by atoms with Gasteiger partial charge in [0.15, 0.2) is 11.5 Å². The predicted octanol–water partition coefficient (Wildman–Crippen LogP) is 4.12. The third-order valence-corrected chi connectivity index (χ3v) is 5.60. The number of nitrogens with one attached hydrogen (secondary N) is 1. The van der Waals surface area contributed by atoms with Crippen LogP contribution in [0.15, 0.2) is 76.7 Å². The van der Waals surface area contributed by atoms with Crippen molar-refractivity contribution in [3.05, 3.63) is 83.7 Å². The first-order valence-electron chi connectivity index (χ1n) is 9.75. The highest BCUT2D eigenvalue weighted by Crippen LogP contribution is 2.28. The van der Waals surface area contributed by atoms with Gasteiger partial charge in [0.2, 0.25) is 0 Å². The molecule has 0 fully saturated rings. The SMILES string of the molecule is CCOc1ccc(S(=O)(=O)N/N=C/c2ccc(OCc3ccccc3F)c(OC)c2)cc1. The Morgan fingerprint density at radius 2 is 1.75 bits per heavy atom. The maximum absolute atomic E-state index is 13.8. The van der Waals surface area contributed by atoms with Crippen LogP contribution >= 0.6 is 0 Å². The van der Waals surface area contributed by atoms with E-state index in [1.807, 2.05) is 6.92 Å². The van der Waals surface area contributed by atoms with Gasteiger partial charge in [0.05, 0.1) is 24.8 Å². The summed E-state index contributed by atoms with van der Waals surface area (Å²) in [6, 6.07) is 17.3. The Kier molecular flexibility index (Phi) is 7.67. The zero-order valence-electron chi connectivity index (χ0n) is 17.6. The first-order chi connectivity index (χ1) is 15.4. The third-order valence-electron chi connectivity index (χ3n) is 4.36. The van der Waals surface area contributed by atoms with Gasteiger partial charge >= 0.3 is 0 Å². The summed E-state index contributed by atoms with van der Waals surface area (Å²) in [7, 11) is -2.35. The fourth-order valence-corrected chi connectivity index (χ4v) is 3.55. The van der Waals surface area contributed by atoms with Gasteiger partial charge in [-0.2, -0.15) is 13.5 Å². The van der Waals surface area contributed by atoms with E-state index in [2.05, 4.69) is 9.93 Å². The van der Waals surface area contributed by atoms with Crippen molar-refractivity contribution in [1.82, 2.24) is 4.83 Å². The van der Waals surface area contributed by atoms with Crippen LogP contribution in [0.25, 0.3) is 0 Å². The highest BCUT2D eigenvalue weighted by atomic mass is 32.2. The number of nitrogens with zero attached hydrogens (tertiary/aromatic N) is 1. The molecule has 168 valence electrons. The van der Waals surface area contributed by atoms with Gasteiger partial charge in [-0.25, -0.2) is 9.22 Å². The Morgan fingerprint density at radius 1 is 1.00 bits per heavy atom. The fraction of sp³-hybridized carbons (Fsp3) is 0.174. The van der Waals surface area contributed by atoms with E-state index >= 15 is 0 Å². The number of benzene rings is 3. The number of rotatable bonds is 10. The van der Waals surface area contributed by atoms with Crippen LogP contribution in [0.2, 0.25) is 0 Å². The van der Waals surface area contributed by atoms with Crippen molar-refractivity contribution in [2.45, 2.75) is 18.4 Å². The van der Waals surface area contributed by atoms with Crippen molar-refractivity contribution >= 4 is 16.2 Å². The molecule has 0 bridgehead atoms. The average Bonchev–Trinajstić information content (AvgIpc) is 2.79. The van der Waals surface area contributed by atoms with Crippen LogP contribution in [0, 0.1) is 5.82 Å². The van der Waals surface area contributed by atoms with Crippen molar-refractivity contribution in [2.75, 3.05) is 13.7 Å². The average molecular weight is 459 g/mol. The van der Waals surface area contributed by atoms with Crippen molar-refractivity contribution in [3.63, 3.8) is 0 Å². The summed E-state index contributed by atoms with van der Waals surface area (Å²) in [4.78, 5) is 2.23. The van der Waals surface area contributed by atoms with Crippen molar-refractivity contribution < 1.29 is 27.0 Å². The normalized spacial score (nSPS) is 11.3. The van der Waals surface area contributed by atoms with Gasteiger partial charge in [0.1, 0.15) is 18.2 Å². The Bertz CT molecular complexity index is 1180. The Hall–Kier alpha value is -3.59. The maximum atomic E-state index is 13.8. The quantitative estimate of drug-likeness (QED) is 0.365. The minimum Gasteiger partial charge on any atom is -0.494 e. The molecule has 3 rings (SSSR count). The monoisotopic (exact) mass is 458 g/mol. The lowest BCUT2D eigenvalue weighted by atomic mass is 10.2. The molecule has 0 radical (unpaired) electrons. The molecule has 0 saturated heterocycles. The number of methoxy groups -OCH3 is 1. The molecular weight excluding hydrogens is 435 g/mol. The van der Waals surface area contributed by atoms with E-state index in [1.54, 1.807) is 48.5 Å². The smallest absolute Gasteiger partial charge is 0.276 e. The zero-order valence-corrected chi connectivity index (χ0v) is 18.4. The second-order valence-electron chi connectivity index (χ2n) is 6.55. The number of halogens is 1. The first kappa shape index (κ1) is 23.1. The Morgan fingerprint density at radius 3 is 2.44 bits per heavy atom. The number of hydrazone groups is 1. The minimum absolute atomic E-state index is 0.0400. The van der Waals surface area contributed by atoms with E-state index in [4.69, 9.17) is 14.2 Å². The molecule has 9 heteroatoms. The van der Waals surface area contributed by atoms with Crippen molar-refractivity contribution in [1.29, 1.82) is 0 Å². The zero-order chi connectivity index (χ0) is 23.0. The summed E-state index contributed by atoms with van der Waals surface area (Å²) in [6.07, 6.45) is 1.34. The van der Waals surface area contributed by atoms with Crippen LogP contribution in [0.3, 0.4) is 0 Å². The summed E-state index contributed by atoms with van der Waals surface area (Å²) < 4.78 is 54.8. The van der Waals surface area contributed by atoms with Crippen molar-refractivity contribution in [3.8, 4) is 17.2 Å². The van der Waals surface area contributed by atoms with E-state index in [1.165, 1.54) is 31.5 Å². The molecule has 0 aromatic heterocycles. The molecule has 0 aliphatic heterocycles. The van der Waals surface area contributed by atoms with Crippen molar-refractivity contribution in [2.24, 2.45) is 5.10 Å². The van der Waals surface area contributed by atoms with Crippen LogP contribution in [0.5, 0.6) is 17.2 Å². The predicted molar refractivity (Wildman–Crippen MR) is 119 cm³/mol. The molecule has 0 amide bonds. The minimum atomic E-state index is -3.82. The van der Waals surface area contributed by atoms with Crippen LogP contribution in [-0.2, 0) is 16.6 Å². The lowest BCUT2D eigenvalue weighted by molar-refractivity contribution is 0.279. The summed E-state index contributed by atoms with van der Waals surface area (Å²) in [5.41, 5.74) is 0.998. The van der Waals surface area contributed by atoms with Gasteiger partial charge in [-0.05, 0) is 61.0 Å². The molecule has 0 heterocycles. The van der Waals surface area contributed by atoms with E-state index in [-0.39, 0.29) is 17.3 Å². The number of hydrogen-bond donors (Lipinski definition) is 1. The van der Waals surface area contributed by atoms with Gasteiger partial charge < -0.3 is 14.2 Å². The van der Waals surface area contributed by atoms with E-state index < -0.39 is 10.0 Å². The molecule has 7 nitrogen and oxygen atoms in total. The molecule has 1 N–H and O–H groups in total. The van der Waals surface area contributed by atoms with Gasteiger partial charge in [-0.15, -0.1) is 0 Å². The lowest BCUT2D eigenvalue weighted by Gasteiger charge is -2.11. The highest BCUT2D eigenvalue weighted by Gasteiger charge is 2.13. The second kappa shape index (κ2) is 10.6. The molecule has 0 saturated carbocycles. The van der Waals surface area contributed by atoms with Crippen LogP contribution in [0.4, 0.5) is 4.39 Å². The van der Waals surface area contributed by atoms with Gasteiger partial charge in [0, 0.05) is 5.56 Å². The van der Waals surface area contributed by atoms with E-state index in [9.17, 15) is 12.8 Å². The van der Waals surface area contributed by atoms with Crippen LogP contribution in [0.1, 0.15) is 18.1 Å². The Labute approximate surface area is 186 Å². The van der Waals surface area contributed by atoms with Gasteiger partial charge in [-0.3, -0.25) is 0 Å². The van der Waals surface area contributed by atoms with Gasteiger partial charge in [0.25, 0.3) is 10.0 Å². The lowest BCUT2D eigenvalue weighted by Crippen LogP contribution is -2.18. The molecular formula is C23H23FN2O5S. The molecule has 3 aromatic rings. The molecule has 3 aromatic carbocycles. The number of sulfonamides is 1. The second-order valence-corrected chi connectivity index (χ2v) is 8.21. The summed E-state index contributed by atoms with van der Waals surface area (Å²) in [5, 5.41) is 3.82.